The van der Waals surface area contributed by atoms with E-state index in [1.165, 1.54) is 0 Å². The van der Waals surface area contributed by atoms with Crippen molar-refractivity contribution >= 4 is 11.6 Å². The van der Waals surface area contributed by atoms with E-state index < -0.39 is 0 Å². The third-order valence-corrected chi connectivity index (χ3v) is 3.41. The van der Waals surface area contributed by atoms with Crippen LogP contribution in [0.15, 0.2) is 24.7 Å². The molecule has 0 saturated carbocycles. The van der Waals surface area contributed by atoms with Gasteiger partial charge in [0, 0.05) is 19.3 Å². The maximum atomic E-state index is 12.6. The Labute approximate surface area is 111 Å². The first-order valence-electron chi connectivity index (χ1n) is 6.45. The molecule has 1 saturated heterocycles. The van der Waals surface area contributed by atoms with Gasteiger partial charge >= 0.3 is 0 Å². The first-order valence-corrected chi connectivity index (χ1v) is 6.45. The van der Waals surface area contributed by atoms with Crippen LogP contribution in [0.3, 0.4) is 0 Å². The van der Waals surface area contributed by atoms with Gasteiger partial charge < -0.3 is 9.64 Å². The Hall–Kier alpha value is -1.95. The van der Waals surface area contributed by atoms with Gasteiger partial charge in [0.25, 0.3) is 5.91 Å². The third kappa shape index (κ3) is 2.31. The molecule has 2 aromatic rings. The van der Waals surface area contributed by atoms with Crippen molar-refractivity contribution in [2.45, 2.75) is 19.4 Å². The fourth-order valence-electron chi connectivity index (χ4n) is 2.29. The smallest absolute Gasteiger partial charge is 0.257 e. The maximum Gasteiger partial charge on any atom is 0.257 e. The molecular weight excluding hydrogens is 244 g/mol. The van der Waals surface area contributed by atoms with Gasteiger partial charge in [0.1, 0.15) is 6.33 Å². The van der Waals surface area contributed by atoms with E-state index in [9.17, 15) is 4.79 Å². The zero-order valence-corrected chi connectivity index (χ0v) is 10.8. The van der Waals surface area contributed by atoms with E-state index in [2.05, 4.69) is 10.2 Å². The summed E-state index contributed by atoms with van der Waals surface area (Å²) < 4.78 is 7.32. The van der Waals surface area contributed by atoms with E-state index in [0.717, 1.165) is 13.0 Å². The molecule has 6 heteroatoms. The molecule has 0 N–H and O–H groups in total. The van der Waals surface area contributed by atoms with Crippen molar-refractivity contribution in [3.8, 4) is 0 Å². The van der Waals surface area contributed by atoms with Crippen molar-refractivity contribution in [2.24, 2.45) is 0 Å². The van der Waals surface area contributed by atoms with Crippen molar-refractivity contribution in [3.63, 3.8) is 0 Å². The van der Waals surface area contributed by atoms with Crippen LogP contribution in [-0.2, 0) is 4.74 Å². The number of ether oxygens (including phenoxy) is 1. The van der Waals surface area contributed by atoms with Crippen LogP contribution in [-0.4, -0.2) is 51.2 Å². The van der Waals surface area contributed by atoms with Gasteiger partial charge in [-0.2, -0.15) is 0 Å². The van der Waals surface area contributed by atoms with Crippen molar-refractivity contribution in [1.82, 2.24) is 19.5 Å². The van der Waals surface area contributed by atoms with E-state index in [1.807, 2.05) is 24.1 Å². The summed E-state index contributed by atoms with van der Waals surface area (Å²) in [4.78, 5) is 14.4. The van der Waals surface area contributed by atoms with Gasteiger partial charge in [0.05, 0.1) is 18.3 Å². The van der Waals surface area contributed by atoms with Crippen LogP contribution < -0.4 is 0 Å². The Morgan fingerprint density at radius 2 is 2.37 bits per heavy atom. The quantitative estimate of drug-likeness (QED) is 0.767. The maximum absolute atomic E-state index is 12.6. The topological polar surface area (TPSA) is 59.7 Å². The van der Waals surface area contributed by atoms with Crippen molar-refractivity contribution in [1.29, 1.82) is 0 Å². The van der Waals surface area contributed by atoms with Gasteiger partial charge in [-0.05, 0) is 25.5 Å². The molecular formula is C13H16N4O2. The van der Waals surface area contributed by atoms with Crippen LogP contribution in [0.2, 0.25) is 0 Å². The summed E-state index contributed by atoms with van der Waals surface area (Å²) in [5.41, 5.74) is 1.19. The van der Waals surface area contributed by atoms with E-state index in [4.69, 9.17) is 4.74 Å². The Balaban J connectivity index is 1.89. The monoisotopic (exact) mass is 260 g/mol. The highest BCUT2D eigenvalue weighted by molar-refractivity contribution is 5.99. The highest BCUT2D eigenvalue weighted by Crippen LogP contribution is 2.14. The minimum Gasteiger partial charge on any atom is -0.377 e. The Bertz CT molecular complexity index is 595. The first kappa shape index (κ1) is 12.1. The average molecular weight is 260 g/mol. The predicted molar refractivity (Wildman–Crippen MR) is 68.9 cm³/mol. The van der Waals surface area contributed by atoms with Crippen LogP contribution in [0.4, 0.5) is 0 Å². The zero-order valence-electron chi connectivity index (χ0n) is 10.8. The number of fused-ring (bicyclic) bond motifs is 1. The van der Waals surface area contributed by atoms with Crippen LogP contribution >= 0.6 is 0 Å². The summed E-state index contributed by atoms with van der Waals surface area (Å²) in [5, 5.41) is 7.84. The first-order chi connectivity index (χ1) is 9.25. The number of rotatable bonds is 1. The molecule has 3 rings (SSSR count). The van der Waals surface area contributed by atoms with E-state index in [-0.39, 0.29) is 12.0 Å². The van der Waals surface area contributed by atoms with Gasteiger partial charge in [0.15, 0.2) is 5.65 Å². The molecule has 1 fully saturated rings. The summed E-state index contributed by atoms with van der Waals surface area (Å²) in [7, 11) is 0. The largest absolute Gasteiger partial charge is 0.377 e. The van der Waals surface area contributed by atoms with Gasteiger partial charge in [0.2, 0.25) is 0 Å². The lowest BCUT2D eigenvalue weighted by Gasteiger charge is -2.19. The average Bonchev–Trinajstić information content (AvgIpc) is 2.80. The van der Waals surface area contributed by atoms with E-state index in [1.54, 1.807) is 16.8 Å². The lowest BCUT2D eigenvalue weighted by atomic mass is 10.2. The normalized spacial score (nSPS) is 20.5. The second-order valence-electron chi connectivity index (χ2n) is 4.75. The van der Waals surface area contributed by atoms with E-state index in [0.29, 0.717) is 24.4 Å². The van der Waals surface area contributed by atoms with Crippen molar-refractivity contribution < 1.29 is 9.53 Å². The Morgan fingerprint density at radius 1 is 1.47 bits per heavy atom. The summed E-state index contributed by atoms with van der Waals surface area (Å²) in [6.07, 6.45) is 4.50. The third-order valence-electron chi connectivity index (χ3n) is 3.41. The molecule has 100 valence electrons. The zero-order chi connectivity index (χ0) is 13.2. The summed E-state index contributed by atoms with van der Waals surface area (Å²) >= 11 is 0. The number of carbonyl (C=O) groups excluding carboxylic acids is 1. The fraction of sp³-hybridized carbons (Fsp3) is 0.462. The molecule has 1 unspecified atom stereocenters. The Kier molecular flexibility index (Phi) is 3.16. The number of pyridine rings is 1. The minimum absolute atomic E-state index is 0.00343. The summed E-state index contributed by atoms with van der Waals surface area (Å²) in [5.74, 6) is -0.00343. The van der Waals surface area contributed by atoms with Crippen LogP contribution in [0.5, 0.6) is 0 Å². The van der Waals surface area contributed by atoms with Gasteiger partial charge in [-0.15, -0.1) is 10.2 Å². The molecule has 3 heterocycles. The lowest BCUT2D eigenvalue weighted by Crippen LogP contribution is -2.33. The second kappa shape index (κ2) is 4.97. The molecule has 0 radical (unpaired) electrons. The second-order valence-corrected chi connectivity index (χ2v) is 4.75. The predicted octanol–water partition coefficient (Wildman–Crippen LogP) is 0.980. The van der Waals surface area contributed by atoms with Crippen molar-refractivity contribution in [3.05, 3.63) is 30.2 Å². The highest BCUT2D eigenvalue weighted by Gasteiger charge is 2.22. The number of nitrogens with zero attached hydrogens (tertiary/aromatic N) is 4. The number of hydrogen-bond donors (Lipinski definition) is 0. The van der Waals surface area contributed by atoms with Gasteiger partial charge in [-0.3, -0.25) is 9.20 Å². The van der Waals surface area contributed by atoms with Gasteiger partial charge in [-0.25, -0.2) is 0 Å². The fourth-order valence-corrected chi connectivity index (χ4v) is 2.29. The standard InChI is InChI=1S/C13H16N4O2/c1-10-4-6-16(7-8-19-10)13(18)11-3-2-5-17-9-14-15-12(11)17/h2-3,5,9-10H,4,6-8H2,1H3. The molecule has 1 aliphatic rings. The number of amides is 1. The lowest BCUT2D eigenvalue weighted by molar-refractivity contribution is 0.0667. The molecule has 0 bridgehead atoms. The van der Waals surface area contributed by atoms with E-state index >= 15 is 0 Å². The molecule has 6 nitrogen and oxygen atoms in total. The molecule has 1 amide bonds. The summed E-state index contributed by atoms with van der Waals surface area (Å²) in [6.45, 7) is 3.96. The number of hydrogen-bond acceptors (Lipinski definition) is 4. The molecule has 0 aliphatic carbocycles. The van der Waals surface area contributed by atoms with Crippen LogP contribution in [0.1, 0.15) is 23.7 Å². The summed E-state index contributed by atoms with van der Waals surface area (Å²) in [6, 6.07) is 3.63. The molecule has 1 aliphatic heterocycles. The molecule has 0 aromatic carbocycles. The minimum atomic E-state index is -0.00343. The van der Waals surface area contributed by atoms with Crippen LogP contribution in [0, 0.1) is 0 Å². The molecule has 0 spiro atoms. The van der Waals surface area contributed by atoms with Crippen molar-refractivity contribution in [2.75, 3.05) is 19.7 Å². The Morgan fingerprint density at radius 3 is 3.26 bits per heavy atom. The molecule has 1 atom stereocenters. The van der Waals surface area contributed by atoms with Crippen LogP contribution in [0.25, 0.3) is 5.65 Å². The number of carbonyl (C=O) groups is 1. The molecule has 19 heavy (non-hydrogen) atoms. The van der Waals surface area contributed by atoms with Gasteiger partial charge in [-0.1, -0.05) is 0 Å². The SMILES string of the molecule is CC1CCN(C(=O)c2cccn3cnnc23)CCO1. The number of aromatic nitrogens is 3. The highest BCUT2D eigenvalue weighted by atomic mass is 16.5. The molecule has 2 aromatic heterocycles.